The zero-order valence-electron chi connectivity index (χ0n) is 10.2. The summed E-state index contributed by atoms with van der Waals surface area (Å²) in [6.07, 6.45) is 3.59. The Morgan fingerprint density at radius 1 is 1.39 bits per heavy atom. The molecule has 2 saturated heterocycles. The maximum Gasteiger partial charge on any atom is 0.272 e. The van der Waals surface area contributed by atoms with Crippen molar-refractivity contribution in [1.82, 2.24) is 15.5 Å². The highest BCUT2D eigenvalue weighted by molar-refractivity contribution is 5.92. The Morgan fingerprint density at radius 3 is 2.83 bits per heavy atom. The topological polar surface area (TPSA) is 76.1 Å². The van der Waals surface area contributed by atoms with Gasteiger partial charge in [-0.1, -0.05) is 0 Å². The number of carbonyl (C=O) groups is 1. The first-order valence-corrected chi connectivity index (χ1v) is 6.24. The molecule has 18 heavy (non-hydrogen) atoms. The van der Waals surface area contributed by atoms with E-state index >= 15 is 0 Å². The lowest BCUT2D eigenvalue weighted by atomic mass is 9.95. The fraction of sp³-hybridized carbons (Fsp3) is 0.583. The van der Waals surface area contributed by atoms with Gasteiger partial charge < -0.3 is 15.4 Å². The third kappa shape index (κ3) is 2.03. The molecule has 0 saturated carbocycles. The number of nitrogens with zero attached hydrogens (tertiary/aromatic N) is 2. The van der Waals surface area contributed by atoms with Gasteiger partial charge in [-0.15, -0.1) is 10.2 Å². The van der Waals surface area contributed by atoms with Crippen LogP contribution in [-0.4, -0.2) is 41.4 Å². The van der Waals surface area contributed by atoms with Crippen LogP contribution in [0.3, 0.4) is 0 Å². The Hall–Kier alpha value is -1.69. The second kappa shape index (κ2) is 4.53. The molecule has 0 spiro atoms. The Kier molecular flexibility index (Phi) is 2.87. The molecule has 0 aliphatic carbocycles. The molecular weight excluding hydrogens is 232 g/mol. The lowest BCUT2D eigenvalue weighted by Crippen LogP contribution is -2.41. The van der Waals surface area contributed by atoms with Crippen molar-refractivity contribution in [3.63, 3.8) is 0 Å². The van der Waals surface area contributed by atoms with Crippen molar-refractivity contribution in [3.05, 3.63) is 17.8 Å². The van der Waals surface area contributed by atoms with E-state index in [9.17, 15) is 4.79 Å². The quantitative estimate of drug-likeness (QED) is 0.817. The van der Waals surface area contributed by atoms with Crippen LogP contribution >= 0.6 is 0 Å². The fourth-order valence-corrected chi connectivity index (χ4v) is 2.62. The average Bonchev–Trinajstić information content (AvgIpc) is 3.01. The second-order valence-electron chi connectivity index (χ2n) is 4.74. The van der Waals surface area contributed by atoms with Gasteiger partial charge in [0.1, 0.15) is 5.82 Å². The standard InChI is InChI=1S/C12H16N4O2/c1-13-11-5-3-8(15-16-11)12(17)14-9-6-7-2-4-10(9)18-7/h3,5,7,9-10H,2,4,6H2,1H3,(H,13,16)(H,14,17). The molecular formula is C12H16N4O2. The van der Waals surface area contributed by atoms with Crippen LogP contribution in [0.15, 0.2) is 12.1 Å². The molecule has 1 amide bonds. The average molecular weight is 248 g/mol. The minimum atomic E-state index is -0.175. The third-order valence-corrected chi connectivity index (χ3v) is 3.58. The summed E-state index contributed by atoms with van der Waals surface area (Å²) >= 11 is 0. The minimum Gasteiger partial charge on any atom is -0.373 e. The molecule has 0 radical (unpaired) electrons. The smallest absolute Gasteiger partial charge is 0.272 e. The first-order valence-electron chi connectivity index (χ1n) is 6.24. The van der Waals surface area contributed by atoms with Crippen LogP contribution in [0.2, 0.25) is 0 Å². The van der Waals surface area contributed by atoms with Crippen LogP contribution in [0.4, 0.5) is 5.82 Å². The highest BCUT2D eigenvalue weighted by atomic mass is 16.5. The van der Waals surface area contributed by atoms with E-state index in [0.717, 1.165) is 19.3 Å². The van der Waals surface area contributed by atoms with Gasteiger partial charge in [-0.05, 0) is 31.4 Å². The van der Waals surface area contributed by atoms with Crippen molar-refractivity contribution in [2.75, 3.05) is 12.4 Å². The number of fused-ring (bicyclic) bond motifs is 2. The van der Waals surface area contributed by atoms with Gasteiger partial charge in [-0.25, -0.2) is 0 Å². The molecule has 2 aliphatic heterocycles. The normalized spacial score (nSPS) is 29.3. The van der Waals surface area contributed by atoms with E-state index in [1.165, 1.54) is 0 Å². The monoisotopic (exact) mass is 248 g/mol. The predicted molar refractivity (Wildman–Crippen MR) is 65.3 cm³/mol. The Morgan fingerprint density at radius 2 is 2.28 bits per heavy atom. The zero-order valence-corrected chi connectivity index (χ0v) is 10.2. The molecule has 6 nitrogen and oxygen atoms in total. The van der Waals surface area contributed by atoms with Crippen molar-refractivity contribution < 1.29 is 9.53 Å². The van der Waals surface area contributed by atoms with Gasteiger partial charge in [0.25, 0.3) is 5.91 Å². The van der Waals surface area contributed by atoms with Crippen LogP contribution in [0.5, 0.6) is 0 Å². The van der Waals surface area contributed by atoms with Crippen molar-refractivity contribution in [2.24, 2.45) is 0 Å². The Bertz CT molecular complexity index is 448. The lowest BCUT2D eigenvalue weighted by molar-refractivity contribution is 0.0836. The van der Waals surface area contributed by atoms with Gasteiger partial charge in [0.05, 0.1) is 18.2 Å². The van der Waals surface area contributed by atoms with Crippen LogP contribution in [-0.2, 0) is 4.74 Å². The van der Waals surface area contributed by atoms with Crippen LogP contribution < -0.4 is 10.6 Å². The van der Waals surface area contributed by atoms with Gasteiger partial charge in [0, 0.05) is 7.05 Å². The van der Waals surface area contributed by atoms with Crippen LogP contribution in [0.25, 0.3) is 0 Å². The van der Waals surface area contributed by atoms with Gasteiger partial charge in [-0.3, -0.25) is 4.79 Å². The van der Waals surface area contributed by atoms with E-state index in [0.29, 0.717) is 17.6 Å². The number of hydrogen-bond acceptors (Lipinski definition) is 5. The van der Waals surface area contributed by atoms with Crippen molar-refractivity contribution in [2.45, 2.75) is 37.5 Å². The van der Waals surface area contributed by atoms with E-state index in [1.807, 2.05) is 0 Å². The van der Waals surface area contributed by atoms with Crippen molar-refractivity contribution in [3.8, 4) is 0 Å². The first kappa shape index (κ1) is 11.4. The number of ether oxygens (including phenoxy) is 1. The molecule has 6 heteroatoms. The summed E-state index contributed by atoms with van der Waals surface area (Å²) in [5.74, 6) is 0.473. The second-order valence-corrected chi connectivity index (χ2v) is 4.74. The zero-order chi connectivity index (χ0) is 12.5. The first-order chi connectivity index (χ1) is 8.76. The summed E-state index contributed by atoms with van der Waals surface area (Å²) in [5, 5.41) is 13.6. The van der Waals surface area contributed by atoms with Gasteiger partial charge in [-0.2, -0.15) is 0 Å². The summed E-state index contributed by atoms with van der Waals surface area (Å²) < 4.78 is 5.70. The van der Waals surface area contributed by atoms with E-state index in [1.54, 1.807) is 19.2 Å². The van der Waals surface area contributed by atoms with Gasteiger partial charge >= 0.3 is 0 Å². The largest absolute Gasteiger partial charge is 0.373 e. The third-order valence-electron chi connectivity index (χ3n) is 3.58. The Balaban J connectivity index is 1.64. The highest BCUT2D eigenvalue weighted by Crippen LogP contribution is 2.34. The molecule has 1 aromatic heterocycles. The van der Waals surface area contributed by atoms with Gasteiger partial charge in [0.15, 0.2) is 5.69 Å². The fourth-order valence-electron chi connectivity index (χ4n) is 2.62. The molecule has 0 aromatic carbocycles. The molecule has 3 atom stereocenters. The molecule has 2 fully saturated rings. The highest BCUT2D eigenvalue weighted by Gasteiger charge is 2.41. The number of carbonyl (C=O) groups excluding carboxylic acids is 1. The molecule has 3 rings (SSSR count). The number of aromatic nitrogens is 2. The predicted octanol–water partition coefficient (Wildman–Crippen LogP) is 0.568. The number of amides is 1. The number of nitrogens with one attached hydrogen (secondary N) is 2. The number of rotatable bonds is 3. The van der Waals surface area contributed by atoms with Crippen molar-refractivity contribution in [1.29, 1.82) is 0 Å². The summed E-state index contributed by atoms with van der Waals surface area (Å²) in [6, 6.07) is 3.53. The summed E-state index contributed by atoms with van der Waals surface area (Å²) in [7, 11) is 1.76. The number of anilines is 1. The van der Waals surface area contributed by atoms with Crippen LogP contribution in [0.1, 0.15) is 29.8 Å². The van der Waals surface area contributed by atoms with Gasteiger partial charge in [0.2, 0.25) is 0 Å². The minimum absolute atomic E-state index is 0.127. The van der Waals surface area contributed by atoms with E-state index < -0.39 is 0 Å². The molecule has 1 aromatic rings. The summed E-state index contributed by atoms with van der Waals surface area (Å²) in [6.45, 7) is 0. The maximum atomic E-state index is 12.0. The summed E-state index contributed by atoms with van der Waals surface area (Å²) in [5.41, 5.74) is 0.344. The van der Waals surface area contributed by atoms with E-state index in [-0.39, 0.29) is 18.1 Å². The van der Waals surface area contributed by atoms with E-state index in [2.05, 4.69) is 20.8 Å². The van der Waals surface area contributed by atoms with Crippen molar-refractivity contribution >= 4 is 11.7 Å². The van der Waals surface area contributed by atoms with E-state index in [4.69, 9.17) is 4.74 Å². The molecule has 2 aliphatic rings. The molecule has 2 N–H and O–H groups in total. The number of hydrogen-bond donors (Lipinski definition) is 2. The molecule has 3 heterocycles. The summed E-state index contributed by atoms with van der Waals surface area (Å²) in [4.78, 5) is 12.0. The lowest BCUT2D eigenvalue weighted by Gasteiger charge is -2.19. The SMILES string of the molecule is CNc1ccc(C(=O)NC2CC3CCC2O3)nn1. The molecule has 96 valence electrons. The maximum absolute atomic E-state index is 12.0. The molecule has 2 bridgehead atoms. The van der Waals surface area contributed by atoms with Crippen LogP contribution in [0, 0.1) is 0 Å². The molecule has 3 unspecified atom stereocenters. The Labute approximate surface area is 105 Å².